The second kappa shape index (κ2) is 9.67. The molecule has 1 amide bonds. The Morgan fingerprint density at radius 2 is 1.75 bits per heavy atom. The summed E-state index contributed by atoms with van der Waals surface area (Å²) in [5.74, 6) is 0.477. The predicted octanol–water partition coefficient (Wildman–Crippen LogP) is 6.23. The molecule has 0 aliphatic heterocycles. The number of hydrogen-bond acceptors (Lipinski definition) is 3. The average Bonchev–Trinajstić information content (AvgIpc) is 3.52. The van der Waals surface area contributed by atoms with Crippen molar-refractivity contribution in [1.29, 1.82) is 0 Å². The van der Waals surface area contributed by atoms with Crippen LogP contribution in [0.1, 0.15) is 36.0 Å². The molecule has 4 nitrogen and oxygen atoms in total. The summed E-state index contributed by atoms with van der Waals surface area (Å²) < 4.78 is 41.5. The van der Waals surface area contributed by atoms with Crippen molar-refractivity contribution in [3.05, 3.63) is 62.1 Å². The van der Waals surface area contributed by atoms with E-state index >= 15 is 0 Å². The highest BCUT2D eigenvalue weighted by Crippen LogP contribution is 2.43. The van der Waals surface area contributed by atoms with Crippen LogP contribution in [-0.4, -0.2) is 23.7 Å². The zero-order valence-electron chi connectivity index (χ0n) is 17.1. The molecule has 1 fully saturated rings. The Balaban J connectivity index is 1.72. The lowest BCUT2D eigenvalue weighted by Crippen LogP contribution is -2.47. The van der Waals surface area contributed by atoms with E-state index in [2.05, 4.69) is 10.6 Å². The monoisotopic (exact) mass is 508 g/mol. The first-order chi connectivity index (χ1) is 14.9. The van der Waals surface area contributed by atoms with Crippen molar-refractivity contribution in [3.63, 3.8) is 0 Å². The predicted molar refractivity (Wildman–Crippen MR) is 120 cm³/mol. The van der Waals surface area contributed by atoms with Gasteiger partial charge in [-0.1, -0.05) is 40.9 Å². The SMILES string of the molecule is Cc1cc(NC[C@](O)(c2cc(Cl)c(Cl)c(Cl)c2)C(F)(F)F)ccc1CNC(=O)CC1CC1. The fourth-order valence-electron chi connectivity index (χ4n) is 3.24. The minimum absolute atomic E-state index is 0.00960. The van der Waals surface area contributed by atoms with Crippen LogP contribution in [0.15, 0.2) is 30.3 Å². The van der Waals surface area contributed by atoms with Gasteiger partial charge in [0.2, 0.25) is 11.5 Å². The number of carbonyl (C=O) groups excluding carboxylic acids is 1. The lowest BCUT2D eigenvalue weighted by atomic mass is 9.92. The highest BCUT2D eigenvalue weighted by atomic mass is 35.5. The van der Waals surface area contributed by atoms with E-state index in [1.54, 1.807) is 25.1 Å². The lowest BCUT2D eigenvalue weighted by Gasteiger charge is -2.32. The number of rotatable bonds is 8. The van der Waals surface area contributed by atoms with Crippen LogP contribution in [0.3, 0.4) is 0 Å². The van der Waals surface area contributed by atoms with Gasteiger partial charge in [0, 0.05) is 18.7 Å². The summed E-state index contributed by atoms with van der Waals surface area (Å²) >= 11 is 17.6. The molecule has 3 N–H and O–H groups in total. The van der Waals surface area contributed by atoms with Crippen molar-refractivity contribution in [2.24, 2.45) is 5.92 Å². The van der Waals surface area contributed by atoms with Crippen LogP contribution in [0, 0.1) is 12.8 Å². The number of aliphatic hydroxyl groups is 1. The highest BCUT2D eigenvalue weighted by Gasteiger charge is 2.55. The minimum atomic E-state index is -5.01. The fraction of sp³-hybridized carbons (Fsp3) is 0.409. The molecule has 1 saturated carbocycles. The van der Waals surface area contributed by atoms with Crippen LogP contribution in [-0.2, 0) is 16.9 Å². The van der Waals surface area contributed by atoms with Crippen molar-refractivity contribution in [3.8, 4) is 0 Å². The second-order valence-electron chi connectivity index (χ2n) is 8.03. The lowest BCUT2D eigenvalue weighted by molar-refractivity contribution is -0.260. The Morgan fingerprint density at radius 3 is 2.28 bits per heavy atom. The molecule has 0 unspecified atom stereocenters. The molecule has 0 heterocycles. The minimum Gasteiger partial charge on any atom is -0.381 e. The molecular weight excluding hydrogens is 488 g/mol. The first kappa shape index (κ1) is 25.0. The number of hydrogen-bond donors (Lipinski definition) is 3. The van der Waals surface area contributed by atoms with Gasteiger partial charge in [-0.3, -0.25) is 4.79 Å². The number of benzene rings is 2. The van der Waals surface area contributed by atoms with E-state index in [0.29, 0.717) is 24.6 Å². The van der Waals surface area contributed by atoms with E-state index in [4.69, 9.17) is 34.8 Å². The first-order valence-electron chi connectivity index (χ1n) is 9.95. The molecule has 0 aromatic heterocycles. The topological polar surface area (TPSA) is 61.4 Å². The Kier molecular flexibility index (Phi) is 7.55. The number of alkyl halides is 3. The maximum Gasteiger partial charge on any atom is 0.423 e. The van der Waals surface area contributed by atoms with Gasteiger partial charge in [-0.15, -0.1) is 0 Å². The van der Waals surface area contributed by atoms with E-state index in [9.17, 15) is 23.1 Å². The number of anilines is 1. The molecule has 0 spiro atoms. The largest absolute Gasteiger partial charge is 0.423 e. The van der Waals surface area contributed by atoms with Gasteiger partial charge in [0.25, 0.3) is 0 Å². The van der Waals surface area contributed by atoms with Crippen LogP contribution in [0.5, 0.6) is 0 Å². The molecular formula is C22H22Cl3F3N2O2. The van der Waals surface area contributed by atoms with Crippen molar-refractivity contribution >= 4 is 46.4 Å². The molecule has 1 atom stereocenters. The van der Waals surface area contributed by atoms with E-state index in [0.717, 1.165) is 36.1 Å². The highest BCUT2D eigenvalue weighted by molar-refractivity contribution is 6.48. The first-order valence-corrected chi connectivity index (χ1v) is 11.1. The molecule has 32 heavy (non-hydrogen) atoms. The number of halogens is 6. The third-order valence-corrected chi connectivity index (χ3v) is 6.67. The Labute approximate surface area is 199 Å². The zero-order chi connectivity index (χ0) is 23.7. The normalized spacial score (nSPS) is 15.9. The van der Waals surface area contributed by atoms with Gasteiger partial charge in [0.15, 0.2) is 0 Å². The molecule has 2 aromatic carbocycles. The van der Waals surface area contributed by atoms with Gasteiger partial charge in [-0.05, 0) is 66.6 Å². The Hall–Kier alpha value is -1.67. The maximum absolute atomic E-state index is 13.8. The molecule has 1 aliphatic carbocycles. The quantitative estimate of drug-likeness (QED) is 0.370. The van der Waals surface area contributed by atoms with E-state index in [1.807, 2.05) is 0 Å². The van der Waals surface area contributed by atoms with Crippen LogP contribution in [0.2, 0.25) is 15.1 Å². The third kappa shape index (κ3) is 5.81. The second-order valence-corrected chi connectivity index (χ2v) is 9.22. The van der Waals surface area contributed by atoms with E-state index in [1.165, 1.54) is 0 Å². The number of amides is 1. The summed E-state index contributed by atoms with van der Waals surface area (Å²) in [6.45, 7) is 1.26. The third-order valence-electron chi connectivity index (χ3n) is 5.47. The van der Waals surface area contributed by atoms with Crippen LogP contribution in [0.4, 0.5) is 18.9 Å². The van der Waals surface area contributed by atoms with Gasteiger partial charge in [-0.25, -0.2) is 0 Å². The van der Waals surface area contributed by atoms with Crippen molar-refractivity contribution in [2.75, 3.05) is 11.9 Å². The van der Waals surface area contributed by atoms with Crippen molar-refractivity contribution < 1.29 is 23.1 Å². The molecule has 0 bridgehead atoms. The van der Waals surface area contributed by atoms with Gasteiger partial charge in [0.05, 0.1) is 21.6 Å². The van der Waals surface area contributed by atoms with Gasteiger partial charge in [0.1, 0.15) is 0 Å². The van der Waals surface area contributed by atoms with Gasteiger partial charge in [-0.2, -0.15) is 13.2 Å². The summed E-state index contributed by atoms with van der Waals surface area (Å²) in [4.78, 5) is 11.9. The molecule has 174 valence electrons. The molecule has 1 aliphatic rings. The Morgan fingerprint density at radius 1 is 1.12 bits per heavy atom. The Bertz CT molecular complexity index is 989. The van der Waals surface area contributed by atoms with Crippen LogP contribution < -0.4 is 10.6 Å². The van der Waals surface area contributed by atoms with Crippen LogP contribution >= 0.6 is 34.8 Å². The number of nitrogens with one attached hydrogen (secondary N) is 2. The number of aryl methyl sites for hydroxylation is 1. The van der Waals surface area contributed by atoms with E-state index in [-0.39, 0.29) is 21.0 Å². The van der Waals surface area contributed by atoms with Crippen molar-refractivity contribution in [2.45, 2.75) is 44.5 Å². The molecule has 2 aromatic rings. The maximum atomic E-state index is 13.8. The van der Waals surface area contributed by atoms with Crippen molar-refractivity contribution in [1.82, 2.24) is 5.32 Å². The summed E-state index contributed by atoms with van der Waals surface area (Å²) in [5, 5.41) is 15.6. The molecule has 3 rings (SSSR count). The smallest absolute Gasteiger partial charge is 0.381 e. The van der Waals surface area contributed by atoms with Crippen LogP contribution in [0.25, 0.3) is 0 Å². The van der Waals surface area contributed by atoms with Gasteiger partial charge < -0.3 is 15.7 Å². The summed E-state index contributed by atoms with van der Waals surface area (Å²) in [6, 6.07) is 6.86. The molecule has 0 radical (unpaired) electrons. The molecule has 10 heteroatoms. The fourth-order valence-corrected chi connectivity index (χ4v) is 3.84. The summed E-state index contributed by atoms with van der Waals surface area (Å²) in [7, 11) is 0. The van der Waals surface area contributed by atoms with Gasteiger partial charge >= 0.3 is 6.18 Å². The summed E-state index contributed by atoms with van der Waals surface area (Å²) in [5.41, 5.74) is -1.77. The standard InChI is InChI=1S/C22H22Cl3F3N2O2/c1-12-6-16(5-4-14(12)10-29-19(31)7-13-2-3-13)30-11-21(32,22(26,27)28)15-8-17(23)20(25)18(24)9-15/h4-6,8-9,13,30,32H,2-3,7,10-11H2,1H3,(H,29,31)/t21-/m0/s1. The zero-order valence-corrected chi connectivity index (χ0v) is 19.4. The number of carbonyl (C=O) groups is 1. The average molecular weight is 510 g/mol. The summed E-state index contributed by atoms with van der Waals surface area (Å²) in [6.07, 6.45) is -2.31. The molecule has 0 saturated heterocycles. The van der Waals surface area contributed by atoms with E-state index < -0.39 is 23.9 Å².